The molecule has 3 amide bonds. The predicted octanol–water partition coefficient (Wildman–Crippen LogP) is 2.83. The minimum atomic E-state index is -0.958. The number of hydrogen-bond acceptors (Lipinski definition) is 4. The van der Waals surface area contributed by atoms with Crippen LogP contribution in [0.2, 0.25) is 0 Å². The van der Waals surface area contributed by atoms with Crippen LogP contribution in [0.25, 0.3) is 0 Å². The maximum Gasteiger partial charge on any atom is 0.256 e. The zero-order chi connectivity index (χ0) is 23.4. The van der Waals surface area contributed by atoms with Crippen LogP contribution in [0.5, 0.6) is 0 Å². The van der Waals surface area contributed by atoms with Crippen LogP contribution in [-0.2, 0) is 9.53 Å². The fourth-order valence-corrected chi connectivity index (χ4v) is 4.49. The first-order chi connectivity index (χ1) is 15.9. The van der Waals surface area contributed by atoms with Crippen LogP contribution in [0.15, 0.2) is 54.6 Å². The number of benzene rings is 2. The predicted molar refractivity (Wildman–Crippen MR) is 120 cm³/mol. The first kappa shape index (κ1) is 22.9. The number of piperidine rings is 1. The molecule has 7 nitrogen and oxygen atoms in total. The number of ether oxygens (including phenoxy) is 1. The van der Waals surface area contributed by atoms with Crippen LogP contribution in [0.4, 0.5) is 4.39 Å². The Morgan fingerprint density at radius 2 is 1.64 bits per heavy atom. The average Bonchev–Trinajstić information content (AvgIpc) is 3.21. The van der Waals surface area contributed by atoms with E-state index in [0.717, 1.165) is 6.42 Å². The Labute approximate surface area is 192 Å². The lowest BCUT2D eigenvalue weighted by atomic mass is 9.96. The first-order valence-corrected chi connectivity index (χ1v) is 11.3. The molecular weight excluding hydrogens is 425 g/mol. The summed E-state index contributed by atoms with van der Waals surface area (Å²) in [4.78, 5) is 42.5. The van der Waals surface area contributed by atoms with Crippen LogP contribution < -0.4 is 5.32 Å². The van der Waals surface area contributed by atoms with Crippen molar-refractivity contribution >= 4 is 17.7 Å². The Morgan fingerprint density at radius 1 is 1.00 bits per heavy atom. The third-order valence-corrected chi connectivity index (χ3v) is 6.28. The highest BCUT2D eigenvalue weighted by Gasteiger charge is 2.54. The second-order valence-corrected chi connectivity index (χ2v) is 8.40. The minimum absolute atomic E-state index is 0.111. The highest BCUT2D eigenvalue weighted by molar-refractivity contribution is 5.98. The summed E-state index contributed by atoms with van der Waals surface area (Å²) in [5, 5.41) is 2.88. The van der Waals surface area contributed by atoms with Crippen molar-refractivity contribution in [2.45, 2.75) is 38.0 Å². The van der Waals surface area contributed by atoms with Gasteiger partial charge in [-0.05, 0) is 42.8 Å². The topological polar surface area (TPSA) is 79.0 Å². The molecule has 1 atom stereocenters. The van der Waals surface area contributed by atoms with Gasteiger partial charge < -0.3 is 15.0 Å². The standard InChI is InChI=1S/C25H28FN3O4/c1-2-14-27-22(30)21-17-33-25(29(21)24(32)18-6-4-3-5-7-18)12-15-28(16-13-25)23(31)19-8-10-20(26)11-9-19/h3-11,21H,2,12-17H2,1H3,(H,27,30)/t21-/m1/s1. The molecule has 1 N–H and O–H groups in total. The fraction of sp³-hybridized carbons (Fsp3) is 0.400. The summed E-state index contributed by atoms with van der Waals surface area (Å²) in [6, 6.07) is 13.6. The van der Waals surface area contributed by atoms with E-state index in [1.165, 1.54) is 24.3 Å². The summed E-state index contributed by atoms with van der Waals surface area (Å²) < 4.78 is 19.4. The van der Waals surface area contributed by atoms with Gasteiger partial charge in [0.25, 0.3) is 11.8 Å². The Bertz CT molecular complexity index is 1000. The molecule has 2 fully saturated rings. The van der Waals surface area contributed by atoms with Crippen molar-refractivity contribution in [3.05, 3.63) is 71.5 Å². The molecule has 2 heterocycles. The first-order valence-electron chi connectivity index (χ1n) is 11.3. The van der Waals surface area contributed by atoms with Gasteiger partial charge in [-0.25, -0.2) is 4.39 Å². The summed E-state index contributed by atoms with van der Waals surface area (Å²) in [6.07, 6.45) is 1.56. The number of carbonyl (C=O) groups is 3. The van der Waals surface area contributed by atoms with Crippen LogP contribution in [0, 0.1) is 5.82 Å². The summed E-state index contributed by atoms with van der Waals surface area (Å²) in [7, 11) is 0. The van der Waals surface area contributed by atoms with Gasteiger partial charge in [-0.3, -0.25) is 19.3 Å². The van der Waals surface area contributed by atoms with Crippen LogP contribution in [-0.4, -0.2) is 65.5 Å². The molecule has 0 bridgehead atoms. The van der Waals surface area contributed by atoms with E-state index in [1.807, 2.05) is 13.0 Å². The monoisotopic (exact) mass is 453 g/mol. The van der Waals surface area contributed by atoms with E-state index >= 15 is 0 Å². The smallest absolute Gasteiger partial charge is 0.256 e. The van der Waals surface area contributed by atoms with Crippen molar-refractivity contribution in [3.8, 4) is 0 Å². The van der Waals surface area contributed by atoms with Gasteiger partial charge in [-0.2, -0.15) is 0 Å². The van der Waals surface area contributed by atoms with Crippen molar-refractivity contribution in [3.63, 3.8) is 0 Å². The molecule has 0 saturated carbocycles. The molecule has 174 valence electrons. The van der Waals surface area contributed by atoms with Crippen molar-refractivity contribution in [2.24, 2.45) is 0 Å². The SMILES string of the molecule is CCCNC(=O)[C@H]1COC2(CCN(C(=O)c3ccc(F)cc3)CC2)N1C(=O)c1ccccc1. The molecule has 0 radical (unpaired) electrons. The van der Waals surface area contributed by atoms with E-state index in [4.69, 9.17) is 4.74 Å². The fourth-order valence-electron chi connectivity index (χ4n) is 4.49. The molecule has 0 aliphatic carbocycles. The molecule has 1 spiro atoms. The lowest BCUT2D eigenvalue weighted by molar-refractivity contribution is -0.128. The Morgan fingerprint density at radius 3 is 2.27 bits per heavy atom. The number of likely N-dealkylation sites (tertiary alicyclic amines) is 1. The molecular formula is C25H28FN3O4. The van der Waals surface area contributed by atoms with Crippen LogP contribution in [0.3, 0.4) is 0 Å². The van der Waals surface area contributed by atoms with Crippen LogP contribution in [0.1, 0.15) is 46.9 Å². The Balaban J connectivity index is 1.55. The zero-order valence-electron chi connectivity index (χ0n) is 18.6. The van der Waals surface area contributed by atoms with Crippen LogP contribution >= 0.6 is 0 Å². The highest BCUT2D eigenvalue weighted by atomic mass is 19.1. The summed E-state index contributed by atoms with van der Waals surface area (Å²) in [6.45, 7) is 3.32. The normalized spacial score (nSPS) is 19.5. The van der Waals surface area contributed by atoms with Gasteiger partial charge in [-0.1, -0.05) is 25.1 Å². The van der Waals surface area contributed by atoms with Gasteiger partial charge in [0.1, 0.15) is 17.6 Å². The van der Waals surface area contributed by atoms with E-state index in [0.29, 0.717) is 43.6 Å². The Kier molecular flexibility index (Phi) is 6.74. The summed E-state index contributed by atoms with van der Waals surface area (Å²) in [5.41, 5.74) is -0.0602. The number of carbonyl (C=O) groups excluding carboxylic acids is 3. The van der Waals surface area contributed by atoms with Gasteiger partial charge in [-0.15, -0.1) is 0 Å². The molecule has 8 heteroatoms. The number of halogens is 1. The third kappa shape index (κ3) is 4.61. The number of hydrogen-bond donors (Lipinski definition) is 1. The van der Waals surface area contributed by atoms with Crippen molar-refractivity contribution in [2.75, 3.05) is 26.2 Å². The minimum Gasteiger partial charge on any atom is -0.354 e. The third-order valence-electron chi connectivity index (χ3n) is 6.28. The van der Waals surface area contributed by atoms with E-state index in [-0.39, 0.29) is 24.3 Å². The highest BCUT2D eigenvalue weighted by Crippen LogP contribution is 2.38. The van der Waals surface area contributed by atoms with Gasteiger partial charge in [0, 0.05) is 43.6 Å². The summed E-state index contributed by atoms with van der Waals surface area (Å²) in [5.74, 6) is -1.09. The molecule has 2 saturated heterocycles. The van der Waals surface area contributed by atoms with E-state index in [9.17, 15) is 18.8 Å². The molecule has 2 aromatic rings. The number of nitrogens with one attached hydrogen (secondary N) is 1. The van der Waals surface area contributed by atoms with Crippen molar-refractivity contribution in [1.82, 2.24) is 15.1 Å². The largest absolute Gasteiger partial charge is 0.354 e. The van der Waals surface area contributed by atoms with E-state index in [2.05, 4.69) is 5.32 Å². The Hall–Kier alpha value is -3.26. The molecule has 0 aromatic heterocycles. The lowest BCUT2D eigenvalue weighted by Crippen LogP contribution is -2.59. The molecule has 2 aliphatic heterocycles. The van der Waals surface area contributed by atoms with Crippen molar-refractivity contribution in [1.29, 1.82) is 0 Å². The molecule has 2 aromatic carbocycles. The maximum atomic E-state index is 13.5. The quantitative estimate of drug-likeness (QED) is 0.755. The van der Waals surface area contributed by atoms with E-state index < -0.39 is 17.6 Å². The summed E-state index contributed by atoms with van der Waals surface area (Å²) >= 11 is 0. The molecule has 0 unspecified atom stereocenters. The molecule has 33 heavy (non-hydrogen) atoms. The average molecular weight is 454 g/mol. The number of amides is 3. The van der Waals surface area contributed by atoms with Gasteiger partial charge in [0.2, 0.25) is 5.91 Å². The zero-order valence-corrected chi connectivity index (χ0v) is 18.6. The molecule has 4 rings (SSSR count). The van der Waals surface area contributed by atoms with Gasteiger partial charge >= 0.3 is 0 Å². The second-order valence-electron chi connectivity index (χ2n) is 8.40. The number of rotatable bonds is 5. The maximum absolute atomic E-state index is 13.5. The van der Waals surface area contributed by atoms with Gasteiger partial charge in [0.05, 0.1) is 6.61 Å². The lowest BCUT2D eigenvalue weighted by Gasteiger charge is -2.44. The molecule has 2 aliphatic rings. The van der Waals surface area contributed by atoms with E-state index in [1.54, 1.807) is 34.1 Å². The second kappa shape index (κ2) is 9.70. The number of nitrogens with zero attached hydrogens (tertiary/aromatic N) is 2. The van der Waals surface area contributed by atoms with Crippen molar-refractivity contribution < 1.29 is 23.5 Å². The van der Waals surface area contributed by atoms with Gasteiger partial charge in [0.15, 0.2) is 0 Å².